The second-order valence-corrected chi connectivity index (χ2v) is 5.49. The molecule has 0 spiro atoms. The van der Waals surface area contributed by atoms with Crippen molar-refractivity contribution >= 4 is 5.91 Å². The van der Waals surface area contributed by atoms with Crippen molar-refractivity contribution in [3.63, 3.8) is 0 Å². The molecule has 8 heteroatoms. The SMILES string of the molecule is CCc1nc(C2CN(C(=O)c3c[nH]cc(C)c3=O)CCO2)n[nH]1. The Labute approximate surface area is 132 Å². The van der Waals surface area contributed by atoms with E-state index in [0.29, 0.717) is 31.1 Å². The average Bonchev–Trinajstić information content (AvgIpc) is 3.06. The normalized spacial score (nSPS) is 18.2. The molecule has 122 valence electrons. The summed E-state index contributed by atoms with van der Waals surface area (Å²) in [7, 11) is 0. The van der Waals surface area contributed by atoms with Crippen LogP contribution in [0.25, 0.3) is 0 Å². The van der Waals surface area contributed by atoms with Crippen LogP contribution >= 0.6 is 0 Å². The van der Waals surface area contributed by atoms with Crippen molar-refractivity contribution in [3.8, 4) is 0 Å². The molecule has 1 aliphatic rings. The summed E-state index contributed by atoms with van der Waals surface area (Å²) in [5.41, 5.74) is 0.417. The number of morpholine rings is 1. The number of H-pyrrole nitrogens is 2. The fourth-order valence-corrected chi connectivity index (χ4v) is 2.52. The molecular formula is C15H19N5O3. The first-order valence-corrected chi connectivity index (χ1v) is 7.60. The Morgan fingerprint density at radius 1 is 1.48 bits per heavy atom. The highest BCUT2D eigenvalue weighted by Crippen LogP contribution is 2.20. The highest BCUT2D eigenvalue weighted by atomic mass is 16.5. The summed E-state index contributed by atoms with van der Waals surface area (Å²) in [6.45, 7) is 4.81. The molecule has 0 radical (unpaired) electrons. The van der Waals surface area contributed by atoms with Gasteiger partial charge in [0.15, 0.2) is 11.3 Å². The molecule has 0 bridgehead atoms. The molecule has 3 rings (SSSR count). The number of hydrogen-bond acceptors (Lipinski definition) is 5. The summed E-state index contributed by atoms with van der Waals surface area (Å²) >= 11 is 0. The number of aryl methyl sites for hydroxylation is 2. The minimum atomic E-state index is -0.381. The minimum absolute atomic E-state index is 0.148. The average molecular weight is 317 g/mol. The molecular weight excluding hydrogens is 298 g/mol. The van der Waals surface area contributed by atoms with Gasteiger partial charge in [0, 0.05) is 30.9 Å². The Hall–Kier alpha value is -2.48. The van der Waals surface area contributed by atoms with Crippen molar-refractivity contribution in [3.05, 3.63) is 45.4 Å². The summed E-state index contributed by atoms with van der Waals surface area (Å²) in [4.78, 5) is 33.5. The standard InChI is InChI=1S/C15H19N5O3/c1-3-12-17-14(19-18-12)11-8-20(4-5-23-11)15(22)10-7-16-6-9(2)13(10)21/h6-7,11H,3-5,8H2,1-2H3,(H,16,21)(H,17,18,19). The maximum Gasteiger partial charge on any atom is 0.259 e. The third-order valence-corrected chi connectivity index (χ3v) is 3.89. The van der Waals surface area contributed by atoms with Crippen LogP contribution in [0.2, 0.25) is 0 Å². The van der Waals surface area contributed by atoms with E-state index < -0.39 is 0 Å². The number of ether oxygens (including phenoxy) is 1. The summed E-state index contributed by atoms with van der Waals surface area (Å²) in [5, 5.41) is 6.99. The molecule has 0 aliphatic carbocycles. The van der Waals surface area contributed by atoms with E-state index in [1.807, 2.05) is 6.92 Å². The zero-order valence-corrected chi connectivity index (χ0v) is 13.1. The number of pyridine rings is 1. The van der Waals surface area contributed by atoms with Gasteiger partial charge in [-0.3, -0.25) is 14.7 Å². The van der Waals surface area contributed by atoms with E-state index in [4.69, 9.17) is 4.74 Å². The number of amides is 1. The van der Waals surface area contributed by atoms with Crippen molar-refractivity contribution in [1.29, 1.82) is 0 Å². The molecule has 0 saturated carbocycles. The predicted molar refractivity (Wildman–Crippen MR) is 82.2 cm³/mol. The van der Waals surface area contributed by atoms with Crippen LogP contribution in [0.15, 0.2) is 17.2 Å². The van der Waals surface area contributed by atoms with Gasteiger partial charge in [-0.1, -0.05) is 6.92 Å². The first-order valence-electron chi connectivity index (χ1n) is 7.60. The number of rotatable bonds is 3. The van der Waals surface area contributed by atoms with Gasteiger partial charge in [0.2, 0.25) is 0 Å². The van der Waals surface area contributed by atoms with Gasteiger partial charge in [-0.05, 0) is 6.92 Å². The molecule has 1 aliphatic heterocycles. The Morgan fingerprint density at radius 2 is 2.30 bits per heavy atom. The monoisotopic (exact) mass is 317 g/mol. The Balaban J connectivity index is 1.79. The van der Waals surface area contributed by atoms with Crippen molar-refractivity contribution in [2.75, 3.05) is 19.7 Å². The summed E-state index contributed by atoms with van der Waals surface area (Å²) in [5.74, 6) is 1.02. The van der Waals surface area contributed by atoms with E-state index in [1.165, 1.54) is 6.20 Å². The molecule has 23 heavy (non-hydrogen) atoms. The van der Waals surface area contributed by atoms with Crippen molar-refractivity contribution in [2.45, 2.75) is 26.4 Å². The highest BCUT2D eigenvalue weighted by Gasteiger charge is 2.29. The van der Waals surface area contributed by atoms with Crippen LogP contribution < -0.4 is 5.43 Å². The van der Waals surface area contributed by atoms with Crippen LogP contribution in [0, 0.1) is 6.92 Å². The first kappa shape index (κ1) is 15.4. The third kappa shape index (κ3) is 3.02. The molecule has 1 amide bonds. The predicted octanol–water partition coefficient (Wildman–Crippen LogP) is 0.578. The lowest BCUT2D eigenvalue weighted by atomic mass is 10.1. The topological polar surface area (TPSA) is 104 Å². The quantitative estimate of drug-likeness (QED) is 0.861. The number of aromatic nitrogens is 4. The first-order chi connectivity index (χ1) is 11.1. The number of aromatic amines is 2. The molecule has 8 nitrogen and oxygen atoms in total. The lowest BCUT2D eigenvalue weighted by Crippen LogP contribution is -2.44. The van der Waals surface area contributed by atoms with Gasteiger partial charge in [0.05, 0.1) is 13.2 Å². The van der Waals surface area contributed by atoms with E-state index in [0.717, 1.165) is 12.2 Å². The highest BCUT2D eigenvalue weighted by molar-refractivity contribution is 5.94. The van der Waals surface area contributed by atoms with Gasteiger partial charge in [0.1, 0.15) is 17.5 Å². The Kier molecular flexibility index (Phi) is 4.24. The number of nitrogens with zero attached hydrogens (tertiary/aromatic N) is 3. The van der Waals surface area contributed by atoms with Crippen molar-refractivity contribution in [1.82, 2.24) is 25.1 Å². The van der Waals surface area contributed by atoms with Crippen molar-refractivity contribution < 1.29 is 9.53 Å². The summed E-state index contributed by atoms with van der Waals surface area (Å²) in [6.07, 6.45) is 3.40. The number of nitrogens with one attached hydrogen (secondary N) is 2. The van der Waals surface area contributed by atoms with Gasteiger partial charge in [-0.2, -0.15) is 5.10 Å². The summed E-state index contributed by atoms with van der Waals surface area (Å²) in [6, 6.07) is 0. The molecule has 1 unspecified atom stereocenters. The lowest BCUT2D eigenvalue weighted by molar-refractivity contribution is -0.0267. The van der Waals surface area contributed by atoms with E-state index in [1.54, 1.807) is 18.0 Å². The molecule has 0 aromatic carbocycles. The smallest absolute Gasteiger partial charge is 0.259 e. The number of carbonyl (C=O) groups excluding carboxylic acids is 1. The molecule has 1 atom stereocenters. The molecule has 3 heterocycles. The van der Waals surface area contributed by atoms with E-state index in [-0.39, 0.29) is 23.0 Å². The van der Waals surface area contributed by atoms with Gasteiger partial charge in [-0.25, -0.2) is 4.98 Å². The Morgan fingerprint density at radius 3 is 3.04 bits per heavy atom. The third-order valence-electron chi connectivity index (χ3n) is 3.89. The van der Waals surface area contributed by atoms with Crippen molar-refractivity contribution in [2.24, 2.45) is 0 Å². The summed E-state index contributed by atoms with van der Waals surface area (Å²) < 4.78 is 5.67. The molecule has 2 aromatic rings. The lowest BCUT2D eigenvalue weighted by Gasteiger charge is -2.31. The van der Waals surface area contributed by atoms with Gasteiger partial charge < -0.3 is 14.6 Å². The zero-order valence-electron chi connectivity index (χ0n) is 13.1. The Bertz CT molecular complexity index is 766. The fourth-order valence-electron chi connectivity index (χ4n) is 2.52. The van der Waals surface area contributed by atoms with Gasteiger partial charge >= 0.3 is 0 Å². The largest absolute Gasteiger partial charge is 0.366 e. The second-order valence-electron chi connectivity index (χ2n) is 5.49. The molecule has 2 aromatic heterocycles. The molecule has 1 saturated heterocycles. The van der Waals surface area contributed by atoms with Gasteiger partial charge in [0.25, 0.3) is 5.91 Å². The van der Waals surface area contributed by atoms with E-state index in [9.17, 15) is 9.59 Å². The van der Waals surface area contributed by atoms with Crippen LogP contribution in [0.1, 0.15) is 40.6 Å². The second kappa shape index (κ2) is 6.33. The van der Waals surface area contributed by atoms with E-state index in [2.05, 4.69) is 20.2 Å². The fraction of sp³-hybridized carbons (Fsp3) is 0.467. The van der Waals surface area contributed by atoms with Crippen LogP contribution in [0.3, 0.4) is 0 Å². The molecule has 2 N–H and O–H groups in total. The van der Waals surface area contributed by atoms with Gasteiger partial charge in [-0.15, -0.1) is 0 Å². The minimum Gasteiger partial charge on any atom is -0.366 e. The van der Waals surface area contributed by atoms with Crippen LogP contribution in [-0.2, 0) is 11.2 Å². The maximum atomic E-state index is 12.6. The van der Waals surface area contributed by atoms with Crippen LogP contribution in [0.4, 0.5) is 0 Å². The van der Waals surface area contributed by atoms with Crippen LogP contribution in [0.5, 0.6) is 0 Å². The zero-order chi connectivity index (χ0) is 16.4. The molecule has 1 fully saturated rings. The number of hydrogen-bond donors (Lipinski definition) is 2. The number of carbonyl (C=O) groups is 1. The van der Waals surface area contributed by atoms with Crippen LogP contribution in [-0.4, -0.2) is 50.7 Å². The maximum absolute atomic E-state index is 12.6. The van der Waals surface area contributed by atoms with E-state index >= 15 is 0 Å².